The fraction of sp³-hybridized carbons (Fsp3) is 0.439. The number of hydrogen-bond donors (Lipinski definition) is 1. The van der Waals surface area contributed by atoms with Crippen LogP contribution >= 0.6 is 0 Å². The van der Waals surface area contributed by atoms with E-state index in [0.29, 0.717) is 34.9 Å². The SMILES string of the molecule is Cc1cc(C(=O)N(Cc2ccc(F)cc2)Cc2ccc(-c3c(C)nc(C)c([C@H](OC(C)(C)C)C(=O)O)c3N3CCC(C)(C)CC3)cc2)c(C)o1. The first-order valence-electron chi connectivity index (χ1n) is 17.3. The molecule has 5 rings (SSSR count). The van der Waals surface area contributed by atoms with Gasteiger partial charge in [0.25, 0.3) is 5.91 Å². The van der Waals surface area contributed by atoms with Gasteiger partial charge in [-0.05, 0) is 102 Å². The third-order valence-corrected chi connectivity index (χ3v) is 9.43. The van der Waals surface area contributed by atoms with Crippen molar-refractivity contribution in [2.24, 2.45) is 5.41 Å². The molecule has 1 aliphatic rings. The Labute approximate surface area is 295 Å². The molecule has 2 aromatic carbocycles. The zero-order chi connectivity index (χ0) is 36.5. The highest BCUT2D eigenvalue weighted by molar-refractivity contribution is 5.95. The molecule has 4 aromatic rings. The molecule has 1 N–H and O–H groups in total. The first-order chi connectivity index (χ1) is 23.4. The Balaban J connectivity index is 1.56. The number of aliphatic carboxylic acids is 1. The van der Waals surface area contributed by atoms with Gasteiger partial charge in [0.1, 0.15) is 17.3 Å². The fourth-order valence-corrected chi connectivity index (χ4v) is 6.78. The summed E-state index contributed by atoms with van der Waals surface area (Å²) >= 11 is 0. The van der Waals surface area contributed by atoms with E-state index in [9.17, 15) is 19.1 Å². The van der Waals surface area contributed by atoms with E-state index in [-0.39, 0.29) is 23.7 Å². The maximum absolute atomic E-state index is 13.9. The topological polar surface area (TPSA) is 96.1 Å². The maximum Gasteiger partial charge on any atom is 0.337 e. The number of carbonyl (C=O) groups is 2. The molecule has 2 aromatic heterocycles. The van der Waals surface area contributed by atoms with Crippen LogP contribution in [0.1, 0.15) is 104 Å². The number of ether oxygens (including phenoxy) is 1. The van der Waals surface area contributed by atoms with Crippen LogP contribution in [-0.2, 0) is 22.6 Å². The maximum atomic E-state index is 13.9. The lowest BCUT2D eigenvalue weighted by molar-refractivity contribution is -0.160. The molecule has 0 radical (unpaired) electrons. The molecular weight excluding hydrogens is 633 g/mol. The summed E-state index contributed by atoms with van der Waals surface area (Å²) in [5.74, 6) is -0.356. The lowest BCUT2D eigenvalue weighted by Gasteiger charge is -2.41. The summed E-state index contributed by atoms with van der Waals surface area (Å²) in [6, 6.07) is 16.0. The Morgan fingerprint density at radius 2 is 1.52 bits per heavy atom. The molecule has 1 amide bonds. The summed E-state index contributed by atoms with van der Waals surface area (Å²) in [4.78, 5) is 35.7. The van der Waals surface area contributed by atoms with Gasteiger partial charge in [-0.25, -0.2) is 9.18 Å². The van der Waals surface area contributed by atoms with Gasteiger partial charge in [-0.15, -0.1) is 0 Å². The number of carboxylic acid groups (broad SMARTS) is 1. The molecule has 9 heteroatoms. The molecule has 1 saturated heterocycles. The van der Waals surface area contributed by atoms with Gasteiger partial charge in [-0.3, -0.25) is 9.78 Å². The van der Waals surface area contributed by atoms with E-state index in [1.807, 2.05) is 65.8 Å². The molecule has 1 aliphatic heterocycles. The van der Waals surface area contributed by atoms with Crippen LogP contribution in [0.15, 0.2) is 59.0 Å². The minimum Gasteiger partial charge on any atom is -0.479 e. The molecule has 50 heavy (non-hydrogen) atoms. The van der Waals surface area contributed by atoms with E-state index in [1.165, 1.54) is 12.1 Å². The lowest BCUT2D eigenvalue weighted by atomic mass is 9.81. The van der Waals surface area contributed by atoms with Crippen LogP contribution in [0.3, 0.4) is 0 Å². The van der Waals surface area contributed by atoms with Crippen molar-refractivity contribution in [3.63, 3.8) is 0 Å². The molecule has 0 unspecified atom stereocenters. The van der Waals surface area contributed by atoms with E-state index in [0.717, 1.165) is 59.6 Å². The molecular formula is C41H50FN3O5. The second-order valence-electron chi connectivity index (χ2n) is 15.3. The molecule has 0 saturated carbocycles. The van der Waals surface area contributed by atoms with Gasteiger partial charge in [0.2, 0.25) is 0 Å². The molecule has 1 fully saturated rings. The van der Waals surface area contributed by atoms with Gasteiger partial charge >= 0.3 is 5.97 Å². The molecule has 0 bridgehead atoms. The fourth-order valence-electron chi connectivity index (χ4n) is 6.78. The quantitative estimate of drug-likeness (QED) is 0.178. The summed E-state index contributed by atoms with van der Waals surface area (Å²) in [7, 11) is 0. The number of pyridine rings is 1. The molecule has 8 nitrogen and oxygen atoms in total. The van der Waals surface area contributed by atoms with Crippen molar-refractivity contribution in [1.82, 2.24) is 9.88 Å². The van der Waals surface area contributed by atoms with E-state index in [4.69, 9.17) is 14.1 Å². The zero-order valence-electron chi connectivity index (χ0n) is 30.8. The number of benzene rings is 2. The number of piperidine rings is 1. The van der Waals surface area contributed by atoms with Gasteiger partial charge in [-0.1, -0.05) is 50.2 Å². The highest BCUT2D eigenvalue weighted by Gasteiger charge is 2.36. The third-order valence-electron chi connectivity index (χ3n) is 9.43. The number of nitrogens with zero attached hydrogens (tertiary/aromatic N) is 3. The Bertz CT molecular complexity index is 1840. The number of rotatable bonds is 10. The number of aromatic nitrogens is 1. The Morgan fingerprint density at radius 3 is 2.02 bits per heavy atom. The number of aryl methyl sites for hydroxylation is 4. The standard InChI is InChI=1S/C41H50FN3O5/c1-25-22-33(28(4)49-25)38(46)45(24-30-12-16-32(42)17-13-30)23-29-10-14-31(15-11-29)34-26(2)43-27(3)35(37(39(47)48)50-40(5,6)7)36(34)44-20-18-41(8,9)19-21-44/h10-17,22,37H,18-21,23-24H2,1-9H3,(H,47,48)/t37-/m0/s1. The number of amides is 1. The van der Waals surface area contributed by atoms with Crippen LogP contribution in [0.5, 0.6) is 0 Å². The van der Waals surface area contributed by atoms with Crippen molar-refractivity contribution in [1.29, 1.82) is 0 Å². The van der Waals surface area contributed by atoms with Gasteiger partial charge in [0, 0.05) is 48.7 Å². The average molecular weight is 684 g/mol. The summed E-state index contributed by atoms with van der Waals surface area (Å²) in [6.07, 6.45) is 0.736. The Morgan fingerprint density at radius 1 is 0.960 bits per heavy atom. The van der Waals surface area contributed by atoms with Crippen molar-refractivity contribution < 1.29 is 28.2 Å². The second kappa shape index (κ2) is 14.4. The van der Waals surface area contributed by atoms with Crippen LogP contribution in [-0.4, -0.2) is 45.6 Å². The summed E-state index contributed by atoms with van der Waals surface area (Å²) in [6.45, 7) is 19.7. The number of hydrogen-bond acceptors (Lipinski definition) is 6. The molecule has 0 spiro atoms. The van der Waals surface area contributed by atoms with Crippen molar-refractivity contribution in [2.75, 3.05) is 18.0 Å². The largest absolute Gasteiger partial charge is 0.479 e. The molecule has 266 valence electrons. The first kappa shape index (κ1) is 36.8. The first-order valence-corrected chi connectivity index (χ1v) is 17.3. The molecule has 1 atom stereocenters. The number of carbonyl (C=O) groups excluding carboxylic acids is 1. The minimum absolute atomic E-state index is 0.176. The minimum atomic E-state index is -1.20. The summed E-state index contributed by atoms with van der Waals surface area (Å²) < 4.78 is 25.6. The average Bonchev–Trinajstić information content (AvgIpc) is 3.37. The van der Waals surface area contributed by atoms with Gasteiger partial charge in [0.15, 0.2) is 6.10 Å². The van der Waals surface area contributed by atoms with Crippen molar-refractivity contribution >= 4 is 17.6 Å². The monoisotopic (exact) mass is 683 g/mol. The van der Waals surface area contributed by atoms with E-state index in [2.05, 4.69) is 18.7 Å². The van der Waals surface area contributed by atoms with Gasteiger partial charge in [0.05, 0.1) is 16.9 Å². The van der Waals surface area contributed by atoms with E-state index >= 15 is 0 Å². The lowest BCUT2D eigenvalue weighted by Crippen LogP contribution is -2.39. The zero-order valence-corrected chi connectivity index (χ0v) is 30.8. The summed E-state index contributed by atoms with van der Waals surface area (Å²) in [5, 5.41) is 10.5. The van der Waals surface area contributed by atoms with E-state index < -0.39 is 17.7 Å². The smallest absolute Gasteiger partial charge is 0.337 e. The van der Waals surface area contributed by atoms with Crippen LogP contribution in [0.2, 0.25) is 0 Å². The van der Waals surface area contributed by atoms with Crippen LogP contribution < -0.4 is 4.90 Å². The van der Waals surface area contributed by atoms with Crippen LogP contribution in [0.4, 0.5) is 10.1 Å². The van der Waals surface area contributed by atoms with Gasteiger partial charge in [-0.2, -0.15) is 0 Å². The van der Waals surface area contributed by atoms with E-state index in [1.54, 1.807) is 30.0 Å². The predicted octanol–water partition coefficient (Wildman–Crippen LogP) is 9.12. The summed E-state index contributed by atoms with van der Waals surface area (Å²) in [5.41, 5.74) is 6.35. The normalized spacial score (nSPS) is 15.2. The number of carboxylic acids is 1. The van der Waals surface area contributed by atoms with Crippen molar-refractivity contribution in [3.8, 4) is 11.1 Å². The Hall–Kier alpha value is -4.50. The number of halogens is 1. The highest BCUT2D eigenvalue weighted by atomic mass is 19.1. The molecule has 3 heterocycles. The van der Waals surface area contributed by atoms with Crippen molar-refractivity contribution in [2.45, 2.75) is 99.9 Å². The third kappa shape index (κ3) is 8.44. The van der Waals surface area contributed by atoms with Gasteiger partial charge < -0.3 is 24.1 Å². The highest BCUT2D eigenvalue weighted by Crippen LogP contribution is 2.45. The number of anilines is 1. The van der Waals surface area contributed by atoms with Crippen molar-refractivity contribution in [3.05, 3.63) is 106 Å². The predicted molar refractivity (Wildman–Crippen MR) is 194 cm³/mol. The Kier molecular flexibility index (Phi) is 10.6. The number of furan rings is 1. The second-order valence-corrected chi connectivity index (χ2v) is 15.3. The van der Waals surface area contributed by atoms with Crippen LogP contribution in [0, 0.1) is 38.9 Å². The van der Waals surface area contributed by atoms with Crippen LogP contribution in [0.25, 0.3) is 11.1 Å². The molecule has 0 aliphatic carbocycles.